The normalized spacial score (nSPS) is 18.1. The first-order valence-corrected chi connectivity index (χ1v) is 6.44. The molecule has 1 aromatic carbocycles. The second-order valence-corrected chi connectivity index (χ2v) is 4.59. The van der Waals surface area contributed by atoms with Gasteiger partial charge in [-0.05, 0) is 25.1 Å². The predicted molar refractivity (Wildman–Crippen MR) is 72.5 cm³/mol. The number of methoxy groups -OCH3 is 1. The number of nitrogens with zero attached hydrogens (tertiary/aromatic N) is 1. The molecule has 1 saturated heterocycles. The van der Waals surface area contributed by atoms with Crippen LogP contribution in [-0.2, 0) is 4.79 Å². The molecule has 0 bridgehead atoms. The fourth-order valence-corrected chi connectivity index (χ4v) is 2.15. The van der Waals surface area contributed by atoms with Crippen LogP contribution in [0.25, 0.3) is 0 Å². The van der Waals surface area contributed by atoms with Crippen molar-refractivity contribution in [1.29, 1.82) is 0 Å². The van der Waals surface area contributed by atoms with Gasteiger partial charge in [0.15, 0.2) is 18.1 Å². The molecule has 1 aliphatic heterocycles. The van der Waals surface area contributed by atoms with Crippen molar-refractivity contribution in [2.45, 2.75) is 12.5 Å². The molecule has 2 rings (SSSR count). The Morgan fingerprint density at radius 3 is 2.79 bits per heavy atom. The van der Waals surface area contributed by atoms with Crippen LogP contribution >= 0.6 is 0 Å². The van der Waals surface area contributed by atoms with E-state index >= 15 is 0 Å². The molecule has 1 heterocycles. The summed E-state index contributed by atoms with van der Waals surface area (Å²) in [5.41, 5.74) is 0. The van der Waals surface area contributed by atoms with Gasteiger partial charge in [-0.25, -0.2) is 0 Å². The summed E-state index contributed by atoms with van der Waals surface area (Å²) in [5, 5.41) is 3.25. The van der Waals surface area contributed by atoms with Crippen molar-refractivity contribution in [1.82, 2.24) is 10.2 Å². The number of nitrogens with one attached hydrogen (secondary N) is 1. The largest absolute Gasteiger partial charge is 0.493 e. The number of benzene rings is 1. The smallest absolute Gasteiger partial charge is 0.260 e. The van der Waals surface area contributed by atoms with Gasteiger partial charge in [-0.1, -0.05) is 12.1 Å². The summed E-state index contributed by atoms with van der Waals surface area (Å²) in [6, 6.07) is 7.60. The monoisotopic (exact) mass is 264 g/mol. The Morgan fingerprint density at radius 2 is 2.16 bits per heavy atom. The van der Waals surface area contributed by atoms with Gasteiger partial charge in [0.2, 0.25) is 0 Å². The zero-order chi connectivity index (χ0) is 13.7. The van der Waals surface area contributed by atoms with Crippen LogP contribution in [0.2, 0.25) is 0 Å². The molecule has 1 aliphatic rings. The number of rotatable bonds is 5. The van der Waals surface area contributed by atoms with E-state index in [4.69, 9.17) is 9.47 Å². The number of para-hydroxylation sites is 2. The summed E-state index contributed by atoms with van der Waals surface area (Å²) in [6.07, 6.45) is 0.997. The summed E-state index contributed by atoms with van der Waals surface area (Å²) in [5.74, 6) is 1.22. The molecule has 5 heteroatoms. The molecule has 0 saturated carbocycles. The number of carbonyl (C=O) groups excluding carboxylic acids is 1. The molecule has 1 amide bonds. The molecular formula is C14H20N2O3. The van der Waals surface area contributed by atoms with Crippen molar-refractivity contribution in [3.8, 4) is 11.5 Å². The lowest BCUT2D eigenvalue weighted by atomic mass is 10.2. The lowest BCUT2D eigenvalue weighted by molar-refractivity contribution is -0.133. The van der Waals surface area contributed by atoms with Crippen molar-refractivity contribution < 1.29 is 14.3 Å². The van der Waals surface area contributed by atoms with E-state index in [0.29, 0.717) is 11.5 Å². The number of ether oxygens (including phenoxy) is 2. The highest BCUT2D eigenvalue weighted by molar-refractivity contribution is 5.78. The Bertz CT molecular complexity index is 430. The molecule has 5 nitrogen and oxygen atoms in total. The highest BCUT2D eigenvalue weighted by Gasteiger charge is 2.23. The van der Waals surface area contributed by atoms with Gasteiger partial charge in [-0.15, -0.1) is 0 Å². The number of hydrogen-bond acceptors (Lipinski definition) is 4. The second-order valence-electron chi connectivity index (χ2n) is 4.59. The minimum absolute atomic E-state index is 0.0143. The molecule has 104 valence electrons. The van der Waals surface area contributed by atoms with Crippen molar-refractivity contribution >= 4 is 5.91 Å². The van der Waals surface area contributed by atoms with Crippen LogP contribution in [0, 0.1) is 0 Å². The SMILES string of the molecule is COc1ccccc1OCC(=O)N(C)[C@H]1CCNC1. The fourth-order valence-electron chi connectivity index (χ4n) is 2.15. The topological polar surface area (TPSA) is 50.8 Å². The molecule has 1 fully saturated rings. The van der Waals surface area contributed by atoms with Crippen molar-refractivity contribution in [2.24, 2.45) is 0 Å². The van der Waals surface area contributed by atoms with Gasteiger partial charge in [0.05, 0.1) is 7.11 Å². The highest BCUT2D eigenvalue weighted by atomic mass is 16.5. The van der Waals surface area contributed by atoms with Gasteiger partial charge >= 0.3 is 0 Å². The first-order chi connectivity index (χ1) is 9.22. The zero-order valence-electron chi connectivity index (χ0n) is 11.4. The Morgan fingerprint density at radius 1 is 1.42 bits per heavy atom. The summed E-state index contributed by atoms with van der Waals surface area (Å²) in [7, 11) is 3.41. The van der Waals surface area contributed by atoms with Crippen LogP contribution in [-0.4, -0.2) is 50.7 Å². The highest BCUT2D eigenvalue weighted by Crippen LogP contribution is 2.25. The molecular weight excluding hydrogens is 244 g/mol. The van der Waals surface area contributed by atoms with Gasteiger partial charge in [-0.2, -0.15) is 0 Å². The van der Waals surface area contributed by atoms with Crippen molar-refractivity contribution in [3.63, 3.8) is 0 Å². The summed E-state index contributed by atoms with van der Waals surface area (Å²) in [6.45, 7) is 1.86. The van der Waals surface area contributed by atoms with E-state index in [1.54, 1.807) is 18.1 Å². The molecule has 0 radical (unpaired) electrons. The van der Waals surface area contributed by atoms with Crippen molar-refractivity contribution in [2.75, 3.05) is 33.9 Å². The molecule has 1 atom stereocenters. The Labute approximate surface area is 113 Å². The third kappa shape index (κ3) is 3.38. The first kappa shape index (κ1) is 13.7. The zero-order valence-corrected chi connectivity index (χ0v) is 11.4. The van der Waals surface area contributed by atoms with Crippen LogP contribution in [0.5, 0.6) is 11.5 Å². The average molecular weight is 264 g/mol. The Balaban J connectivity index is 1.89. The lowest BCUT2D eigenvalue weighted by Gasteiger charge is -2.23. The third-order valence-electron chi connectivity index (χ3n) is 3.40. The summed E-state index contributed by atoms with van der Waals surface area (Å²) >= 11 is 0. The van der Waals surface area contributed by atoms with Gasteiger partial charge in [0.1, 0.15) is 0 Å². The van der Waals surface area contributed by atoms with Crippen LogP contribution in [0.3, 0.4) is 0 Å². The maximum Gasteiger partial charge on any atom is 0.260 e. The maximum atomic E-state index is 12.0. The molecule has 1 N–H and O–H groups in total. The fraction of sp³-hybridized carbons (Fsp3) is 0.500. The van der Waals surface area contributed by atoms with Crippen LogP contribution in [0.4, 0.5) is 0 Å². The van der Waals surface area contributed by atoms with E-state index in [2.05, 4.69) is 5.32 Å². The molecule has 19 heavy (non-hydrogen) atoms. The van der Waals surface area contributed by atoms with E-state index < -0.39 is 0 Å². The van der Waals surface area contributed by atoms with Crippen LogP contribution in [0.15, 0.2) is 24.3 Å². The molecule has 0 aliphatic carbocycles. The van der Waals surface area contributed by atoms with E-state index in [1.807, 2.05) is 25.2 Å². The van der Waals surface area contributed by atoms with E-state index in [0.717, 1.165) is 19.5 Å². The number of amides is 1. The minimum atomic E-state index is -0.0143. The van der Waals surface area contributed by atoms with Gasteiger partial charge in [0, 0.05) is 19.6 Å². The number of hydrogen-bond donors (Lipinski definition) is 1. The second kappa shape index (κ2) is 6.43. The molecule has 1 aromatic rings. The van der Waals surface area contributed by atoms with Gasteiger partial charge in [0.25, 0.3) is 5.91 Å². The summed E-state index contributed by atoms with van der Waals surface area (Å²) < 4.78 is 10.7. The summed E-state index contributed by atoms with van der Waals surface area (Å²) in [4.78, 5) is 13.8. The standard InChI is InChI=1S/C14H20N2O3/c1-16(11-7-8-15-9-11)14(17)10-19-13-6-4-3-5-12(13)18-2/h3-6,11,15H,7-10H2,1-2H3/t11-/m0/s1. The molecule has 0 spiro atoms. The average Bonchev–Trinajstić information content (AvgIpc) is 2.98. The van der Waals surface area contributed by atoms with Gasteiger partial charge in [-0.3, -0.25) is 4.79 Å². The van der Waals surface area contributed by atoms with Crippen LogP contribution in [0.1, 0.15) is 6.42 Å². The molecule has 0 unspecified atom stereocenters. The number of likely N-dealkylation sites (N-methyl/N-ethyl adjacent to an activating group) is 1. The maximum absolute atomic E-state index is 12.0. The third-order valence-corrected chi connectivity index (χ3v) is 3.40. The van der Waals surface area contributed by atoms with Crippen LogP contribution < -0.4 is 14.8 Å². The quantitative estimate of drug-likeness (QED) is 0.858. The first-order valence-electron chi connectivity index (χ1n) is 6.44. The Hall–Kier alpha value is -1.75. The molecule has 0 aromatic heterocycles. The van der Waals surface area contributed by atoms with E-state index in [-0.39, 0.29) is 18.6 Å². The lowest BCUT2D eigenvalue weighted by Crippen LogP contribution is -2.40. The van der Waals surface area contributed by atoms with E-state index in [9.17, 15) is 4.79 Å². The van der Waals surface area contributed by atoms with E-state index in [1.165, 1.54) is 0 Å². The number of carbonyl (C=O) groups is 1. The minimum Gasteiger partial charge on any atom is -0.493 e. The van der Waals surface area contributed by atoms with Crippen molar-refractivity contribution in [3.05, 3.63) is 24.3 Å². The predicted octanol–water partition coefficient (Wildman–Crippen LogP) is 0.894. The van der Waals surface area contributed by atoms with Gasteiger partial charge < -0.3 is 19.7 Å². The Kier molecular flexibility index (Phi) is 4.63.